The minimum atomic E-state index is -1.37. The second-order valence-electron chi connectivity index (χ2n) is 7.36. The van der Waals surface area contributed by atoms with Crippen molar-refractivity contribution in [1.29, 1.82) is 0 Å². The number of rotatable bonds is 8. The minimum absolute atomic E-state index is 0.113. The van der Waals surface area contributed by atoms with Crippen LogP contribution >= 0.6 is 0 Å². The predicted molar refractivity (Wildman–Crippen MR) is 102 cm³/mol. The molecule has 0 aliphatic carbocycles. The summed E-state index contributed by atoms with van der Waals surface area (Å²) in [6, 6.07) is 3.66. The molecule has 0 bridgehead atoms. The number of amides is 4. The summed E-state index contributed by atoms with van der Waals surface area (Å²) < 4.78 is 18.0. The number of methoxy groups -OCH3 is 1. The molecule has 2 N–H and O–H groups in total. The number of imide groups is 1. The van der Waals surface area contributed by atoms with E-state index in [2.05, 4.69) is 10.6 Å². The van der Waals surface area contributed by atoms with E-state index < -0.39 is 47.8 Å². The number of ether oxygens (including phenoxy) is 1. The van der Waals surface area contributed by atoms with Gasteiger partial charge < -0.3 is 15.4 Å². The predicted octanol–water partition coefficient (Wildman–Crippen LogP) is 1.69. The zero-order valence-electron chi connectivity index (χ0n) is 17.0. The van der Waals surface area contributed by atoms with Crippen molar-refractivity contribution in [2.75, 3.05) is 13.7 Å². The van der Waals surface area contributed by atoms with Gasteiger partial charge in [-0.2, -0.15) is 0 Å². The Kier molecular flexibility index (Phi) is 6.94. The van der Waals surface area contributed by atoms with Gasteiger partial charge in [-0.05, 0) is 36.5 Å². The first-order valence-electron chi connectivity index (χ1n) is 9.42. The lowest BCUT2D eigenvalue weighted by atomic mass is 9.87. The lowest BCUT2D eigenvalue weighted by Crippen LogP contribution is -2.48. The maximum atomic E-state index is 13.3. The number of hydrogen-bond acceptors (Lipinski definition) is 5. The average Bonchev–Trinajstić information content (AvgIpc) is 2.92. The first-order chi connectivity index (χ1) is 13.6. The monoisotopic (exact) mass is 407 g/mol. The number of esters is 1. The normalized spacial score (nSPS) is 19.9. The molecule has 2 rings (SSSR count). The third kappa shape index (κ3) is 4.72. The van der Waals surface area contributed by atoms with E-state index in [-0.39, 0.29) is 12.3 Å². The average molecular weight is 407 g/mol. The molecule has 1 aliphatic rings. The van der Waals surface area contributed by atoms with E-state index in [1.165, 1.54) is 31.4 Å². The highest BCUT2D eigenvalue weighted by Gasteiger charge is 2.51. The molecule has 1 aromatic carbocycles. The van der Waals surface area contributed by atoms with Gasteiger partial charge in [0.25, 0.3) is 5.91 Å². The summed E-state index contributed by atoms with van der Waals surface area (Å²) in [5.74, 6) is -2.21. The first-order valence-corrected chi connectivity index (χ1v) is 9.42. The molecule has 29 heavy (non-hydrogen) atoms. The molecule has 0 unspecified atom stereocenters. The standard InChI is InChI=1S/C20H26FN3O5/c1-5-20(13-6-8-14(21)9-7-13)18(27)24(19(28)23-20)11-16(25)22-15(10-12(2)3)17(26)29-4/h6-9,12,15H,5,10-11H2,1-4H3,(H,22,25)(H,23,28)/t15-,20+/m0/s1. The molecule has 4 amide bonds. The fraction of sp³-hybridized carbons (Fsp3) is 0.500. The number of carbonyl (C=O) groups excluding carboxylic acids is 4. The maximum absolute atomic E-state index is 13.3. The zero-order chi connectivity index (χ0) is 21.8. The third-order valence-corrected chi connectivity index (χ3v) is 4.87. The Bertz CT molecular complexity index is 796. The van der Waals surface area contributed by atoms with E-state index in [1.807, 2.05) is 13.8 Å². The van der Waals surface area contributed by atoms with Gasteiger partial charge in [-0.25, -0.2) is 14.0 Å². The smallest absolute Gasteiger partial charge is 0.328 e. The van der Waals surface area contributed by atoms with E-state index in [9.17, 15) is 23.6 Å². The van der Waals surface area contributed by atoms with Gasteiger partial charge in [0.15, 0.2) is 0 Å². The Balaban J connectivity index is 2.17. The van der Waals surface area contributed by atoms with Crippen LogP contribution in [0.25, 0.3) is 0 Å². The van der Waals surface area contributed by atoms with E-state index in [4.69, 9.17) is 4.74 Å². The Morgan fingerprint density at radius 3 is 2.38 bits per heavy atom. The molecular formula is C20H26FN3O5. The quantitative estimate of drug-likeness (QED) is 0.504. The molecule has 1 aromatic rings. The first kappa shape index (κ1) is 22.3. The van der Waals surface area contributed by atoms with Crippen LogP contribution in [-0.2, 0) is 24.7 Å². The minimum Gasteiger partial charge on any atom is -0.467 e. The summed E-state index contributed by atoms with van der Waals surface area (Å²) >= 11 is 0. The summed E-state index contributed by atoms with van der Waals surface area (Å²) in [5, 5.41) is 5.14. The second kappa shape index (κ2) is 9.02. The van der Waals surface area contributed by atoms with Crippen molar-refractivity contribution in [3.8, 4) is 0 Å². The van der Waals surface area contributed by atoms with Crippen LogP contribution in [0.3, 0.4) is 0 Å². The molecule has 2 atom stereocenters. The number of nitrogens with one attached hydrogen (secondary N) is 2. The summed E-state index contributed by atoms with van der Waals surface area (Å²) in [4.78, 5) is 50.6. The fourth-order valence-corrected chi connectivity index (χ4v) is 3.35. The molecule has 1 heterocycles. The zero-order valence-corrected chi connectivity index (χ0v) is 17.0. The van der Waals surface area contributed by atoms with Gasteiger partial charge in [-0.3, -0.25) is 14.5 Å². The Hall–Kier alpha value is -2.97. The van der Waals surface area contributed by atoms with Gasteiger partial charge in [0.05, 0.1) is 7.11 Å². The molecular weight excluding hydrogens is 381 g/mol. The fourth-order valence-electron chi connectivity index (χ4n) is 3.35. The van der Waals surface area contributed by atoms with E-state index >= 15 is 0 Å². The van der Waals surface area contributed by atoms with Crippen molar-refractivity contribution >= 4 is 23.8 Å². The highest BCUT2D eigenvalue weighted by molar-refractivity contribution is 6.09. The van der Waals surface area contributed by atoms with Crippen LogP contribution in [-0.4, -0.2) is 48.4 Å². The molecule has 0 radical (unpaired) electrons. The number of urea groups is 1. The van der Waals surface area contributed by atoms with Crippen molar-refractivity contribution in [2.45, 2.75) is 45.2 Å². The van der Waals surface area contributed by atoms with Crippen LogP contribution in [0.4, 0.5) is 9.18 Å². The lowest BCUT2D eigenvalue weighted by molar-refractivity contribution is -0.145. The van der Waals surface area contributed by atoms with Gasteiger partial charge in [-0.15, -0.1) is 0 Å². The molecule has 0 spiro atoms. The number of benzene rings is 1. The van der Waals surface area contributed by atoms with Crippen molar-refractivity contribution in [3.63, 3.8) is 0 Å². The van der Waals surface area contributed by atoms with E-state index in [1.54, 1.807) is 6.92 Å². The van der Waals surface area contributed by atoms with Gasteiger partial charge in [0, 0.05) is 0 Å². The number of nitrogens with zero attached hydrogens (tertiary/aromatic N) is 1. The van der Waals surface area contributed by atoms with E-state index in [0.717, 1.165) is 4.90 Å². The maximum Gasteiger partial charge on any atom is 0.328 e. The van der Waals surface area contributed by atoms with Crippen molar-refractivity contribution in [3.05, 3.63) is 35.6 Å². The van der Waals surface area contributed by atoms with Gasteiger partial charge in [0.2, 0.25) is 5.91 Å². The Morgan fingerprint density at radius 2 is 1.86 bits per heavy atom. The van der Waals surface area contributed by atoms with Crippen LogP contribution in [0.5, 0.6) is 0 Å². The Labute approximate surface area is 168 Å². The number of hydrogen-bond donors (Lipinski definition) is 2. The molecule has 1 saturated heterocycles. The molecule has 0 saturated carbocycles. The van der Waals surface area contributed by atoms with E-state index in [0.29, 0.717) is 12.0 Å². The van der Waals surface area contributed by atoms with Crippen LogP contribution in [0.1, 0.15) is 39.2 Å². The Morgan fingerprint density at radius 1 is 1.24 bits per heavy atom. The largest absolute Gasteiger partial charge is 0.467 e. The molecule has 8 nitrogen and oxygen atoms in total. The van der Waals surface area contributed by atoms with Crippen LogP contribution < -0.4 is 10.6 Å². The number of carbonyl (C=O) groups is 4. The topological polar surface area (TPSA) is 105 Å². The summed E-state index contributed by atoms with van der Waals surface area (Å²) in [7, 11) is 1.22. The lowest BCUT2D eigenvalue weighted by Gasteiger charge is -2.26. The van der Waals surface area contributed by atoms with Gasteiger partial charge in [-0.1, -0.05) is 32.9 Å². The van der Waals surface area contributed by atoms with Crippen molar-refractivity contribution < 1.29 is 28.3 Å². The van der Waals surface area contributed by atoms with Crippen LogP contribution in [0.2, 0.25) is 0 Å². The number of halogens is 1. The highest BCUT2D eigenvalue weighted by Crippen LogP contribution is 2.32. The van der Waals surface area contributed by atoms with Crippen LogP contribution in [0.15, 0.2) is 24.3 Å². The van der Waals surface area contributed by atoms with Crippen LogP contribution in [0, 0.1) is 11.7 Å². The molecule has 1 fully saturated rings. The molecule has 158 valence electrons. The van der Waals surface area contributed by atoms with Crippen molar-refractivity contribution in [2.24, 2.45) is 5.92 Å². The molecule has 1 aliphatic heterocycles. The second-order valence-corrected chi connectivity index (χ2v) is 7.36. The SMILES string of the molecule is CC[C@]1(c2ccc(F)cc2)NC(=O)N(CC(=O)N[C@@H](CC(C)C)C(=O)OC)C1=O. The van der Waals surface area contributed by atoms with Gasteiger partial charge in [0.1, 0.15) is 23.9 Å². The van der Waals surface area contributed by atoms with Gasteiger partial charge >= 0.3 is 12.0 Å². The highest BCUT2D eigenvalue weighted by atomic mass is 19.1. The summed E-state index contributed by atoms with van der Waals surface area (Å²) in [6.45, 7) is 4.94. The summed E-state index contributed by atoms with van der Waals surface area (Å²) in [6.07, 6.45) is 0.576. The summed E-state index contributed by atoms with van der Waals surface area (Å²) in [5.41, 5.74) is -0.944. The third-order valence-electron chi connectivity index (χ3n) is 4.87. The molecule has 0 aromatic heterocycles. The molecule has 9 heteroatoms. The van der Waals surface area contributed by atoms with Crippen molar-refractivity contribution in [1.82, 2.24) is 15.5 Å².